The number of amides is 2. The van der Waals surface area contributed by atoms with Crippen LogP contribution in [0.4, 0.5) is 0 Å². The lowest BCUT2D eigenvalue weighted by atomic mass is 9.94. The molecule has 0 saturated heterocycles. The fraction of sp³-hybridized carbons (Fsp3) is 0.424. The molecular formula is C33H44N2O5. The van der Waals surface area contributed by atoms with Crippen LogP contribution in [0, 0.1) is 11.8 Å². The van der Waals surface area contributed by atoms with Crippen LogP contribution < -0.4 is 10.6 Å². The van der Waals surface area contributed by atoms with E-state index in [4.69, 9.17) is 9.84 Å². The molecule has 0 spiro atoms. The van der Waals surface area contributed by atoms with Crippen LogP contribution in [0.25, 0.3) is 0 Å². The van der Waals surface area contributed by atoms with Gasteiger partial charge in [-0.05, 0) is 50.2 Å². The number of hydrogen-bond acceptors (Lipinski definition) is 5. The number of aliphatic hydroxyl groups is 1. The molecule has 216 valence electrons. The molecule has 0 saturated carbocycles. The second-order valence-corrected chi connectivity index (χ2v) is 10.1. The van der Waals surface area contributed by atoms with Crippen LogP contribution >= 0.6 is 0 Å². The van der Waals surface area contributed by atoms with Gasteiger partial charge in [-0.1, -0.05) is 79.7 Å². The number of carbonyl (C=O) groups is 3. The summed E-state index contributed by atoms with van der Waals surface area (Å²) in [5.41, 5.74) is 1.80. The van der Waals surface area contributed by atoms with Gasteiger partial charge in [0, 0.05) is 19.1 Å². The minimum atomic E-state index is -0.714. The van der Waals surface area contributed by atoms with Gasteiger partial charge in [0.05, 0.1) is 17.9 Å². The molecule has 2 rings (SSSR count). The summed E-state index contributed by atoms with van der Waals surface area (Å²) in [7, 11) is 0. The highest BCUT2D eigenvalue weighted by Gasteiger charge is 2.32. The van der Waals surface area contributed by atoms with E-state index < -0.39 is 24.0 Å². The van der Waals surface area contributed by atoms with E-state index in [0.717, 1.165) is 11.1 Å². The Morgan fingerprint density at radius 2 is 1.52 bits per heavy atom. The first-order valence-corrected chi connectivity index (χ1v) is 14.0. The van der Waals surface area contributed by atoms with Crippen LogP contribution in [0.5, 0.6) is 0 Å². The lowest BCUT2D eigenvalue weighted by molar-refractivity contribution is -0.157. The maximum Gasteiger partial charge on any atom is 0.310 e. The lowest BCUT2D eigenvalue weighted by Gasteiger charge is -2.30. The Kier molecular flexibility index (Phi) is 14.5. The van der Waals surface area contributed by atoms with Gasteiger partial charge < -0.3 is 20.5 Å². The van der Waals surface area contributed by atoms with Gasteiger partial charge in [0.25, 0.3) is 0 Å². The molecule has 1 unspecified atom stereocenters. The SMILES string of the molecule is C=CC[C@H](CC(=O)N[C@@H](C)CCO)C(=O)N[C@@H](CC)C(OC(=O)[C@H](CC=C)Cc1ccccc1)c1ccccc1. The van der Waals surface area contributed by atoms with E-state index in [1.54, 1.807) is 19.1 Å². The first-order chi connectivity index (χ1) is 19.3. The van der Waals surface area contributed by atoms with Gasteiger partial charge in [-0.25, -0.2) is 0 Å². The van der Waals surface area contributed by atoms with E-state index in [2.05, 4.69) is 23.8 Å². The van der Waals surface area contributed by atoms with Gasteiger partial charge in [0.15, 0.2) is 0 Å². The fourth-order valence-corrected chi connectivity index (χ4v) is 4.61. The number of allylic oxidation sites excluding steroid dienone is 2. The summed E-state index contributed by atoms with van der Waals surface area (Å²) in [6.07, 6.45) is 4.84. The topological polar surface area (TPSA) is 105 Å². The van der Waals surface area contributed by atoms with Crippen LogP contribution in [-0.4, -0.2) is 41.6 Å². The van der Waals surface area contributed by atoms with Crippen molar-refractivity contribution in [3.63, 3.8) is 0 Å². The molecule has 7 heteroatoms. The third kappa shape index (κ3) is 10.8. The van der Waals surface area contributed by atoms with Crippen molar-refractivity contribution in [1.29, 1.82) is 0 Å². The molecule has 0 aliphatic rings. The summed E-state index contributed by atoms with van der Waals surface area (Å²) in [4.78, 5) is 39.5. The first-order valence-electron chi connectivity index (χ1n) is 14.0. The quantitative estimate of drug-likeness (QED) is 0.178. The molecule has 2 amide bonds. The van der Waals surface area contributed by atoms with Crippen LogP contribution in [-0.2, 0) is 25.5 Å². The van der Waals surface area contributed by atoms with E-state index in [9.17, 15) is 14.4 Å². The zero-order valence-corrected chi connectivity index (χ0v) is 23.8. The highest BCUT2D eigenvalue weighted by molar-refractivity contribution is 5.86. The largest absolute Gasteiger partial charge is 0.455 e. The standard InChI is InChI=1S/C33H44N2O5/c1-5-14-27(23-30(37)34-24(4)20-21-36)32(38)35-29(7-3)31(26-18-12-9-13-19-26)40-33(39)28(15-6-2)22-25-16-10-8-11-17-25/h5-6,8-13,16-19,24,27-29,31,36H,1-2,7,14-15,20-23H2,3-4H3,(H,34,37)(H,35,38)/t24-,27+,28+,29-,31?/m0/s1. The van der Waals surface area contributed by atoms with Crippen molar-refractivity contribution in [2.75, 3.05) is 6.61 Å². The molecule has 0 heterocycles. The predicted octanol–water partition coefficient (Wildman–Crippen LogP) is 5.07. The summed E-state index contributed by atoms with van der Waals surface area (Å²) in [6, 6.07) is 18.4. The van der Waals surface area contributed by atoms with Crippen LogP contribution in [0.15, 0.2) is 86.0 Å². The van der Waals surface area contributed by atoms with E-state index in [-0.39, 0.29) is 36.9 Å². The Morgan fingerprint density at radius 1 is 0.925 bits per heavy atom. The number of ether oxygens (including phenoxy) is 1. The van der Waals surface area contributed by atoms with Gasteiger partial charge in [0.2, 0.25) is 11.8 Å². The minimum absolute atomic E-state index is 0.0155. The van der Waals surface area contributed by atoms with Crippen molar-refractivity contribution in [2.24, 2.45) is 11.8 Å². The molecule has 2 aromatic rings. The molecule has 0 aromatic heterocycles. The zero-order chi connectivity index (χ0) is 29.3. The Hall–Kier alpha value is -3.71. The summed E-state index contributed by atoms with van der Waals surface area (Å²) in [5.74, 6) is -1.98. The number of hydrogen-bond donors (Lipinski definition) is 3. The molecule has 40 heavy (non-hydrogen) atoms. The molecule has 5 atom stereocenters. The maximum absolute atomic E-state index is 13.5. The summed E-state index contributed by atoms with van der Waals surface area (Å²) >= 11 is 0. The van der Waals surface area contributed by atoms with Crippen molar-refractivity contribution in [3.8, 4) is 0 Å². The Labute approximate surface area is 238 Å². The summed E-state index contributed by atoms with van der Waals surface area (Å²) in [6.45, 7) is 11.3. The minimum Gasteiger partial charge on any atom is -0.455 e. The first kappa shape index (κ1) is 32.5. The van der Waals surface area contributed by atoms with Gasteiger partial charge in [-0.15, -0.1) is 13.2 Å². The Bertz CT molecular complexity index is 1070. The second kappa shape index (κ2) is 17.8. The lowest BCUT2D eigenvalue weighted by Crippen LogP contribution is -2.45. The molecule has 2 aromatic carbocycles. The molecule has 3 N–H and O–H groups in total. The molecule has 0 aliphatic heterocycles. The molecule has 0 fully saturated rings. The summed E-state index contributed by atoms with van der Waals surface area (Å²) < 4.78 is 6.15. The van der Waals surface area contributed by atoms with Crippen LogP contribution in [0.1, 0.15) is 63.2 Å². The summed E-state index contributed by atoms with van der Waals surface area (Å²) in [5, 5.41) is 15.0. The van der Waals surface area contributed by atoms with Crippen molar-refractivity contribution in [3.05, 3.63) is 97.1 Å². The van der Waals surface area contributed by atoms with Crippen molar-refractivity contribution in [1.82, 2.24) is 10.6 Å². The molecule has 0 radical (unpaired) electrons. The smallest absolute Gasteiger partial charge is 0.310 e. The predicted molar refractivity (Wildman–Crippen MR) is 158 cm³/mol. The van der Waals surface area contributed by atoms with Crippen LogP contribution in [0.3, 0.4) is 0 Å². The van der Waals surface area contributed by atoms with E-state index in [0.29, 0.717) is 32.1 Å². The van der Waals surface area contributed by atoms with Crippen molar-refractivity contribution in [2.45, 2.75) is 70.6 Å². The third-order valence-electron chi connectivity index (χ3n) is 6.84. The number of nitrogens with one attached hydrogen (secondary N) is 2. The average molecular weight is 549 g/mol. The van der Waals surface area contributed by atoms with E-state index in [1.165, 1.54) is 0 Å². The van der Waals surface area contributed by atoms with Gasteiger partial charge >= 0.3 is 5.97 Å². The fourth-order valence-electron chi connectivity index (χ4n) is 4.61. The highest BCUT2D eigenvalue weighted by atomic mass is 16.5. The van der Waals surface area contributed by atoms with E-state index >= 15 is 0 Å². The van der Waals surface area contributed by atoms with Crippen molar-refractivity contribution >= 4 is 17.8 Å². The Balaban J connectivity index is 2.23. The number of benzene rings is 2. The normalized spacial score (nSPS) is 14.6. The number of esters is 1. The third-order valence-corrected chi connectivity index (χ3v) is 6.84. The average Bonchev–Trinajstić information content (AvgIpc) is 2.95. The molecule has 7 nitrogen and oxygen atoms in total. The van der Waals surface area contributed by atoms with Crippen molar-refractivity contribution < 1.29 is 24.2 Å². The monoisotopic (exact) mass is 548 g/mol. The van der Waals surface area contributed by atoms with Crippen LogP contribution in [0.2, 0.25) is 0 Å². The zero-order valence-electron chi connectivity index (χ0n) is 23.8. The van der Waals surface area contributed by atoms with Gasteiger partial charge in [-0.3, -0.25) is 14.4 Å². The molecule has 0 aliphatic carbocycles. The highest BCUT2D eigenvalue weighted by Crippen LogP contribution is 2.27. The number of carbonyl (C=O) groups excluding carboxylic acids is 3. The number of rotatable bonds is 18. The molecule has 0 bridgehead atoms. The second-order valence-electron chi connectivity index (χ2n) is 10.1. The molecular weight excluding hydrogens is 504 g/mol. The van der Waals surface area contributed by atoms with Gasteiger partial charge in [-0.2, -0.15) is 0 Å². The van der Waals surface area contributed by atoms with E-state index in [1.807, 2.05) is 67.6 Å². The Morgan fingerprint density at radius 3 is 2.10 bits per heavy atom. The number of aliphatic hydroxyl groups excluding tert-OH is 1. The van der Waals surface area contributed by atoms with Gasteiger partial charge in [0.1, 0.15) is 6.10 Å². The maximum atomic E-state index is 13.5.